The summed E-state index contributed by atoms with van der Waals surface area (Å²) in [7, 11) is 1.62. The van der Waals surface area contributed by atoms with Crippen molar-refractivity contribution in [3.05, 3.63) is 45.9 Å². The van der Waals surface area contributed by atoms with Crippen molar-refractivity contribution >= 4 is 35.2 Å². The maximum atomic E-state index is 14.3. The number of nitrogens with one attached hydrogen (secondary N) is 1. The van der Waals surface area contributed by atoms with Gasteiger partial charge in [-0.25, -0.2) is 4.79 Å². The van der Waals surface area contributed by atoms with Crippen molar-refractivity contribution in [2.45, 2.75) is 50.7 Å². The Morgan fingerprint density at radius 2 is 1.95 bits per heavy atom. The van der Waals surface area contributed by atoms with Gasteiger partial charge in [-0.15, -0.1) is 11.3 Å². The molecule has 6 rings (SSSR count). The molecule has 11 nitrogen and oxygen atoms in total. The molecule has 0 radical (unpaired) electrons. The maximum Gasteiger partial charge on any atom is 0.410 e. The minimum atomic E-state index is -0.438. The Balaban J connectivity index is 1.28. The van der Waals surface area contributed by atoms with Crippen LogP contribution in [-0.4, -0.2) is 96.0 Å². The lowest BCUT2D eigenvalue weighted by Gasteiger charge is -2.42. The summed E-state index contributed by atoms with van der Waals surface area (Å²) in [4.78, 5) is 62.4. The molecule has 3 aliphatic heterocycles. The first-order valence-electron chi connectivity index (χ1n) is 14.8. The van der Waals surface area contributed by atoms with Crippen molar-refractivity contribution in [3.8, 4) is 5.75 Å². The van der Waals surface area contributed by atoms with E-state index in [0.717, 1.165) is 24.0 Å². The fourth-order valence-corrected chi connectivity index (χ4v) is 7.49. The molecule has 1 aromatic carbocycles. The molecular weight excluding hydrogens is 558 g/mol. The van der Waals surface area contributed by atoms with E-state index in [4.69, 9.17) is 9.47 Å². The zero-order valence-electron chi connectivity index (χ0n) is 23.8. The van der Waals surface area contributed by atoms with E-state index >= 15 is 0 Å². The highest BCUT2D eigenvalue weighted by Gasteiger charge is 2.43. The molecule has 0 bridgehead atoms. The van der Waals surface area contributed by atoms with Gasteiger partial charge in [0.05, 0.1) is 30.8 Å². The van der Waals surface area contributed by atoms with Gasteiger partial charge in [0.1, 0.15) is 23.3 Å². The lowest BCUT2D eigenvalue weighted by Crippen LogP contribution is -2.50. The molecule has 0 spiro atoms. The summed E-state index contributed by atoms with van der Waals surface area (Å²) in [5.74, 6) is -0.258. The summed E-state index contributed by atoms with van der Waals surface area (Å²) in [5, 5.41) is 2.75. The summed E-state index contributed by atoms with van der Waals surface area (Å²) >= 11 is 1.33. The quantitative estimate of drug-likeness (QED) is 0.523. The average Bonchev–Trinajstić information content (AvgIpc) is 3.80. The number of fused-ring (bicyclic) bond motifs is 1. The predicted octanol–water partition coefficient (Wildman–Crippen LogP) is 2.87. The summed E-state index contributed by atoms with van der Waals surface area (Å²) in [5.41, 5.74) is 3.63. The van der Waals surface area contributed by atoms with Crippen LogP contribution in [0.1, 0.15) is 58.9 Å². The van der Waals surface area contributed by atoms with Gasteiger partial charge in [0, 0.05) is 50.5 Å². The predicted molar refractivity (Wildman–Crippen MR) is 154 cm³/mol. The molecule has 1 aliphatic carbocycles. The highest BCUT2D eigenvalue weighted by Crippen LogP contribution is 2.41. The second-order valence-electron chi connectivity index (χ2n) is 11.4. The molecule has 3 unspecified atom stereocenters. The highest BCUT2D eigenvalue weighted by molar-refractivity contribution is 7.11. The van der Waals surface area contributed by atoms with E-state index in [2.05, 4.69) is 16.4 Å². The van der Waals surface area contributed by atoms with E-state index in [-0.39, 0.29) is 42.4 Å². The van der Waals surface area contributed by atoms with Gasteiger partial charge >= 0.3 is 6.09 Å². The third kappa shape index (κ3) is 5.56. The summed E-state index contributed by atoms with van der Waals surface area (Å²) in [6, 6.07) is 5.50. The molecular formula is C30H37N5O6S. The van der Waals surface area contributed by atoms with Gasteiger partial charge in [0.25, 0.3) is 5.91 Å². The van der Waals surface area contributed by atoms with E-state index in [1.165, 1.54) is 11.3 Å². The Hall–Kier alpha value is -3.67. The molecule has 1 N–H and O–H groups in total. The second kappa shape index (κ2) is 12.3. The Bertz CT molecular complexity index is 1340. The van der Waals surface area contributed by atoms with Crippen LogP contribution in [0.5, 0.6) is 5.75 Å². The van der Waals surface area contributed by atoms with Gasteiger partial charge in [-0.2, -0.15) is 0 Å². The summed E-state index contributed by atoms with van der Waals surface area (Å²) in [6.45, 7) is 2.61. The number of hydrogen-bond acceptors (Lipinski definition) is 8. The normalized spacial score (nSPS) is 25.6. The lowest BCUT2D eigenvalue weighted by atomic mass is 9.77. The van der Waals surface area contributed by atoms with Crippen LogP contribution in [0.2, 0.25) is 0 Å². The molecule has 1 saturated carbocycles. The molecule has 3 fully saturated rings. The molecule has 4 heterocycles. The third-order valence-corrected chi connectivity index (χ3v) is 9.81. The monoisotopic (exact) mass is 595 g/mol. The molecule has 2 aromatic rings. The minimum absolute atomic E-state index is 0.0384. The van der Waals surface area contributed by atoms with Gasteiger partial charge in [0.15, 0.2) is 0 Å². The molecule has 4 aliphatic rings. The van der Waals surface area contributed by atoms with Crippen molar-refractivity contribution in [1.82, 2.24) is 25.0 Å². The summed E-state index contributed by atoms with van der Waals surface area (Å²) < 4.78 is 11.8. The number of carbonyl (C=O) groups is 4. The molecule has 4 amide bonds. The Morgan fingerprint density at radius 3 is 2.69 bits per heavy atom. The number of likely N-dealkylation sites (tertiary alicyclic amines) is 1. The van der Waals surface area contributed by atoms with E-state index in [9.17, 15) is 19.2 Å². The molecule has 224 valence electrons. The van der Waals surface area contributed by atoms with Crippen LogP contribution < -0.4 is 10.1 Å². The van der Waals surface area contributed by atoms with Crippen molar-refractivity contribution in [2.75, 3.05) is 46.4 Å². The summed E-state index contributed by atoms with van der Waals surface area (Å²) in [6.07, 6.45) is 5.54. The highest BCUT2D eigenvalue weighted by atomic mass is 32.1. The number of benzene rings is 1. The largest absolute Gasteiger partial charge is 0.488 e. The number of amides is 4. The first-order valence-corrected chi connectivity index (χ1v) is 15.7. The van der Waals surface area contributed by atoms with Crippen LogP contribution in [0.4, 0.5) is 4.79 Å². The molecule has 4 atom stereocenters. The number of carbonyl (C=O) groups excluding carboxylic acids is 4. The van der Waals surface area contributed by atoms with Gasteiger partial charge in [-0.1, -0.05) is 25.0 Å². The SMILES string of the molecule is CNC(=O)C1CCCCC1C(=O)N1CCc2cccc(OC3CCN(C(=O)c4cncs4)C3)c2[C@H]1CN1CCOC1=O. The Labute approximate surface area is 249 Å². The van der Waals surface area contributed by atoms with Crippen molar-refractivity contribution in [1.29, 1.82) is 0 Å². The number of cyclic esters (lactones) is 1. The molecule has 42 heavy (non-hydrogen) atoms. The fourth-order valence-electron chi connectivity index (χ4n) is 6.90. The number of nitrogens with zero attached hydrogens (tertiary/aromatic N) is 4. The topological polar surface area (TPSA) is 121 Å². The number of aromatic nitrogens is 1. The van der Waals surface area contributed by atoms with Crippen molar-refractivity contribution < 1.29 is 28.7 Å². The molecule has 12 heteroatoms. The Morgan fingerprint density at radius 1 is 1.12 bits per heavy atom. The van der Waals surface area contributed by atoms with Crippen LogP contribution in [0, 0.1) is 11.8 Å². The van der Waals surface area contributed by atoms with Crippen molar-refractivity contribution in [2.24, 2.45) is 11.8 Å². The number of rotatable bonds is 7. The molecule has 1 aromatic heterocycles. The van der Waals surface area contributed by atoms with Gasteiger partial charge in [-0.05, 0) is 30.9 Å². The van der Waals surface area contributed by atoms with Crippen LogP contribution in [0.15, 0.2) is 29.9 Å². The van der Waals surface area contributed by atoms with E-state index in [1.54, 1.807) is 28.6 Å². The smallest absolute Gasteiger partial charge is 0.410 e. The van der Waals surface area contributed by atoms with Crippen LogP contribution in [0.25, 0.3) is 0 Å². The van der Waals surface area contributed by atoms with Gasteiger partial charge < -0.3 is 29.5 Å². The maximum absolute atomic E-state index is 14.3. The zero-order chi connectivity index (χ0) is 29.2. The zero-order valence-corrected chi connectivity index (χ0v) is 24.6. The third-order valence-electron chi connectivity index (χ3n) is 9.04. The van der Waals surface area contributed by atoms with Gasteiger partial charge in [-0.3, -0.25) is 19.4 Å². The fraction of sp³-hybridized carbons (Fsp3) is 0.567. The van der Waals surface area contributed by atoms with Crippen molar-refractivity contribution in [3.63, 3.8) is 0 Å². The van der Waals surface area contributed by atoms with E-state index in [0.29, 0.717) is 69.1 Å². The standard InChI is InChI=1S/C30H37N5O6S/c1-31-27(36)21-6-2-3-7-22(21)28(37)35-12-9-19-5-4-8-24(26(19)23(35)17-34-13-14-40-30(34)39)41-20-10-11-33(16-20)29(38)25-15-32-18-42-25/h4-5,8,15,18,20-23H,2-3,6-7,9-14,16-17H2,1H3,(H,31,36)/t20?,21?,22?,23-/m1/s1. The first kappa shape index (κ1) is 28.4. The average molecular weight is 596 g/mol. The molecule has 2 saturated heterocycles. The number of hydrogen-bond donors (Lipinski definition) is 1. The number of thiazole rings is 1. The van der Waals surface area contributed by atoms with Crippen LogP contribution in [-0.2, 0) is 20.7 Å². The van der Waals surface area contributed by atoms with Crippen LogP contribution >= 0.6 is 11.3 Å². The minimum Gasteiger partial charge on any atom is -0.488 e. The first-order chi connectivity index (χ1) is 20.4. The number of ether oxygens (including phenoxy) is 2. The van der Waals surface area contributed by atoms with Gasteiger partial charge in [0.2, 0.25) is 11.8 Å². The lowest BCUT2D eigenvalue weighted by molar-refractivity contribution is -0.146. The Kier molecular flexibility index (Phi) is 8.32. The van der Waals surface area contributed by atoms with E-state index in [1.807, 2.05) is 17.0 Å². The second-order valence-corrected chi connectivity index (χ2v) is 12.3. The van der Waals surface area contributed by atoms with Crippen LogP contribution in [0.3, 0.4) is 0 Å². The van der Waals surface area contributed by atoms with E-state index < -0.39 is 12.0 Å².